The van der Waals surface area contributed by atoms with Crippen LogP contribution in [-0.2, 0) is 0 Å². The summed E-state index contributed by atoms with van der Waals surface area (Å²) in [5.74, 6) is 0.676. The minimum atomic E-state index is -0.0493. The van der Waals surface area contributed by atoms with Crippen LogP contribution in [-0.4, -0.2) is 18.6 Å². The standard InChI is InChI=1S/C13H30N2/c1-7-8-13(6,14)10-15-9-11(2)12(3,4)5/h11,15H,7-10,14H2,1-6H3. The van der Waals surface area contributed by atoms with E-state index in [9.17, 15) is 0 Å². The van der Waals surface area contributed by atoms with Crippen molar-refractivity contribution in [1.82, 2.24) is 5.32 Å². The summed E-state index contributed by atoms with van der Waals surface area (Å²) in [5, 5.41) is 3.49. The molecule has 0 rings (SSSR count). The number of rotatable bonds is 6. The van der Waals surface area contributed by atoms with Gasteiger partial charge in [-0.05, 0) is 31.2 Å². The molecule has 2 atom stereocenters. The summed E-state index contributed by atoms with van der Waals surface area (Å²) in [6, 6.07) is 0. The van der Waals surface area contributed by atoms with E-state index in [0.29, 0.717) is 11.3 Å². The van der Waals surface area contributed by atoms with Gasteiger partial charge in [-0.1, -0.05) is 41.0 Å². The summed E-state index contributed by atoms with van der Waals surface area (Å²) < 4.78 is 0. The van der Waals surface area contributed by atoms with Gasteiger partial charge in [0.25, 0.3) is 0 Å². The predicted octanol–water partition coefficient (Wildman–Crippen LogP) is 2.78. The summed E-state index contributed by atoms with van der Waals surface area (Å²) in [7, 11) is 0. The largest absolute Gasteiger partial charge is 0.324 e. The Labute approximate surface area is 96.0 Å². The van der Waals surface area contributed by atoms with E-state index in [2.05, 4.69) is 46.9 Å². The normalized spacial score (nSPS) is 18.6. The van der Waals surface area contributed by atoms with E-state index in [1.165, 1.54) is 0 Å². The van der Waals surface area contributed by atoms with Gasteiger partial charge in [0.2, 0.25) is 0 Å². The van der Waals surface area contributed by atoms with Gasteiger partial charge in [0.1, 0.15) is 0 Å². The Morgan fingerprint density at radius 2 is 1.73 bits per heavy atom. The molecule has 0 aromatic rings. The van der Waals surface area contributed by atoms with E-state index in [4.69, 9.17) is 5.73 Å². The molecule has 0 aromatic heterocycles. The van der Waals surface area contributed by atoms with Gasteiger partial charge in [0.05, 0.1) is 0 Å². The van der Waals surface area contributed by atoms with Crippen LogP contribution < -0.4 is 11.1 Å². The van der Waals surface area contributed by atoms with Gasteiger partial charge < -0.3 is 11.1 Å². The minimum absolute atomic E-state index is 0.0493. The van der Waals surface area contributed by atoms with Crippen LogP contribution in [0, 0.1) is 11.3 Å². The van der Waals surface area contributed by atoms with Gasteiger partial charge in [0.15, 0.2) is 0 Å². The van der Waals surface area contributed by atoms with Crippen molar-refractivity contribution in [2.75, 3.05) is 13.1 Å². The fourth-order valence-electron chi connectivity index (χ4n) is 1.54. The third kappa shape index (κ3) is 6.91. The van der Waals surface area contributed by atoms with Crippen LogP contribution in [0.5, 0.6) is 0 Å². The van der Waals surface area contributed by atoms with Gasteiger partial charge in [-0.3, -0.25) is 0 Å². The lowest BCUT2D eigenvalue weighted by Gasteiger charge is -2.30. The topological polar surface area (TPSA) is 38.0 Å². The van der Waals surface area contributed by atoms with E-state index in [1.807, 2.05) is 0 Å². The van der Waals surface area contributed by atoms with Crippen LogP contribution in [0.3, 0.4) is 0 Å². The molecule has 0 amide bonds. The highest BCUT2D eigenvalue weighted by Crippen LogP contribution is 2.24. The van der Waals surface area contributed by atoms with Crippen molar-refractivity contribution in [3.8, 4) is 0 Å². The van der Waals surface area contributed by atoms with E-state index >= 15 is 0 Å². The highest BCUT2D eigenvalue weighted by atomic mass is 14.9. The summed E-state index contributed by atoms with van der Waals surface area (Å²) in [4.78, 5) is 0. The molecule has 3 N–H and O–H groups in total. The molecule has 2 nitrogen and oxygen atoms in total. The molecule has 92 valence electrons. The third-order valence-corrected chi connectivity index (χ3v) is 3.28. The first-order chi connectivity index (χ1) is 6.69. The first kappa shape index (κ1) is 14.9. The maximum Gasteiger partial charge on any atom is 0.0252 e. The van der Waals surface area contributed by atoms with Crippen LogP contribution in [0.2, 0.25) is 0 Å². The van der Waals surface area contributed by atoms with Gasteiger partial charge in [-0.25, -0.2) is 0 Å². The molecule has 0 aliphatic rings. The van der Waals surface area contributed by atoms with Crippen LogP contribution in [0.25, 0.3) is 0 Å². The zero-order chi connectivity index (χ0) is 12.1. The van der Waals surface area contributed by atoms with Crippen molar-refractivity contribution in [2.45, 2.75) is 59.9 Å². The molecule has 0 aliphatic heterocycles. The second-order valence-electron chi connectivity index (χ2n) is 6.30. The lowest BCUT2D eigenvalue weighted by atomic mass is 9.82. The molecule has 0 aliphatic carbocycles. The molecule has 2 heteroatoms. The van der Waals surface area contributed by atoms with E-state index in [-0.39, 0.29) is 5.54 Å². The van der Waals surface area contributed by atoms with Crippen molar-refractivity contribution in [3.63, 3.8) is 0 Å². The second-order valence-corrected chi connectivity index (χ2v) is 6.30. The van der Waals surface area contributed by atoms with E-state index in [1.54, 1.807) is 0 Å². The average Bonchev–Trinajstić information content (AvgIpc) is 2.01. The monoisotopic (exact) mass is 214 g/mol. The molecule has 0 heterocycles. The lowest BCUT2D eigenvalue weighted by Crippen LogP contribution is -2.47. The van der Waals surface area contributed by atoms with E-state index < -0.39 is 0 Å². The smallest absolute Gasteiger partial charge is 0.0252 e. The second kappa shape index (κ2) is 5.86. The number of hydrogen-bond donors (Lipinski definition) is 2. The van der Waals surface area contributed by atoms with Gasteiger partial charge in [0, 0.05) is 12.1 Å². The van der Waals surface area contributed by atoms with Crippen LogP contribution >= 0.6 is 0 Å². The molecular formula is C13H30N2. The summed E-state index contributed by atoms with van der Waals surface area (Å²) in [6.45, 7) is 15.4. The first-order valence-electron chi connectivity index (χ1n) is 6.18. The molecular weight excluding hydrogens is 184 g/mol. The van der Waals surface area contributed by atoms with Gasteiger partial charge in [-0.2, -0.15) is 0 Å². The van der Waals surface area contributed by atoms with Crippen LogP contribution in [0.1, 0.15) is 54.4 Å². The Kier molecular flexibility index (Phi) is 5.82. The molecule has 15 heavy (non-hydrogen) atoms. The Bertz CT molecular complexity index is 168. The highest BCUT2D eigenvalue weighted by molar-refractivity contribution is 4.81. The Morgan fingerprint density at radius 1 is 1.20 bits per heavy atom. The number of hydrogen-bond acceptors (Lipinski definition) is 2. The molecule has 0 aromatic carbocycles. The van der Waals surface area contributed by atoms with Crippen molar-refractivity contribution in [3.05, 3.63) is 0 Å². The molecule has 0 saturated heterocycles. The summed E-state index contributed by atoms with van der Waals surface area (Å²) in [5.41, 5.74) is 6.49. The van der Waals surface area contributed by atoms with Crippen LogP contribution in [0.4, 0.5) is 0 Å². The Morgan fingerprint density at radius 3 is 2.13 bits per heavy atom. The summed E-state index contributed by atoms with van der Waals surface area (Å²) >= 11 is 0. The maximum atomic E-state index is 6.16. The fourth-order valence-corrected chi connectivity index (χ4v) is 1.54. The molecule has 0 bridgehead atoms. The van der Waals surface area contributed by atoms with Gasteiger partial charge >= 0.3 is 0 Å². The fraction of sp³-hybridized carbons (Fsp3) is 1.00. The molecule has 0 fully saturated rings. The zero-order valence-electron chi connectivity index (χ0n) is 11.5. The van der Waals surface area contributed by atoms with Gasteiger partial charge in [-0.15, -0.1) is 0 Å². The van der Waals surface area contributed by atoms with E-state index in [0.717, 1.165) is 25.9 Å². The Balaban J connectivity index is 3.79. The number of nitrogens with one attached hydrogen (secondary N) is 1. The average molecular weight is 214 g/mol. The predicted molar refractivity (Wildman–Crippen MR) is 69.0 cm³/mol. The molecule has 0 spiro atoms. The quantitative estimate of drug-likeness (QED) is 0.713. The SMILES string of the molecule is CCCC(C)(N)CNCC(C)C(C)(C)C. The molecule has 2 unspecified atom stereocenters. The third-order valence-electron chi connectivity index (χ3n) is 3.28. The zero-order valence-corrected chi connectivity index (χ0v) is 11.5. The van der Waals surface area contributed by atoms with Crippen LogP contribution in [0.15, 0.2) is 0 Å². The lowest BCUT2D eigenvalue weighted by molar-refractivity contribution is 0.245. The maximum absolute atomic E-state index is 6.16. The summed E-state index contributed by atoms with van der Waals surface area (Å²) in [6.07, 6.45) is 2.24. The van der Waals surface area contributed by atoms with Crippen molar-refractivity contribution < 1.29 is 0 Å². The highest BCUT2D eigenvalue weighted by Gasteiger charge is 2.21. The molecule has 0 radical (unpaired) electrons. The first-order valence-corrected chi connectivity index (χ1v) is 6.18. The minimum Gasteiger partial charge on any atom is -0.324 e. The molecule has 0 saturated carbocycles. The van der Waals surface area contributed by atoms with Crippen molar-refractivity contribution in [1.29, 1.82) is 0 Å². The van der Waals surface area contributed by atoms with Crippen molar-refractivity contribution >= 4 is 0 Å². The van der Waals surface area contributed by atoms with Crippen molar-refractivity contribution in [2.24, 2.45) is 17.1 Å². The Hall–Kier alpha value is -0.0800. The number of nitrogens with two attached hydrogens (primary N) is 1.